The van der Waals surface area contributed by atoms with Gasteiger partial charge in [-0.3, -0.25) is 4.79 Å². The van der Waals surface area contributed by atoms with Crippen LogP contribution in [0.3, 0.4) is 0 Å². The number of rotatable bonds is 9. The maximum absolute atomic E-state index is 12.2. The van der Waals surface area contributed by atoms with E-state index < -0.39 is 0 Å². The fourth-order valence-electron chi connectivity index (χ4n) is 2.73. The Labute approximate surface area is 196 Å². The van der Waals surface area contributed by atoms with Crippen molar-refractivity contribution in [2.24, 2.45) is 0 Å². The molecular formula is C23H21Cl3N2O3. The van der Waals surface area contributed by atoms with Crippen molar-refractivity contribution in [3.05, 3.63) is 81.3 Å². The maximum atomic E-state index is 12.2. The standard InChI is InChI=1S/C23H21Cl3N2O3/c1-2-30-22-11-15(13-27-18-8-9-19(25)20(26)12-18)3-10-21(22)31-14-23(29)28-17-6-4-16(24)5-7-17/h3-12,27H,2,13-14H2,1H3,(H,28,29). The van der Waals surface area contributed by atoms with Gasteiger partial charge in [0.2, 0.25) is 0 Å². The Morgan fingerprint density at radius 3 is 2.29 bits per heavy atom. The maximum Gasteiger partial charge on any atom is 0.262 e. The molecule has 0 spiro atoms. The largest absolute Gasteiger partial charge is 0.490 e. The summed E-state index contributed by atoms with van der Waals surface area (Å²) in [5.74, 6) is 0.775. The number of carbonyl (C=O) groups excluding carboxylic acids is 1. The van der Waals surface area contributed by atoms with E-state index in [4.69, 9.17) is 44.3 Å². The van der Waals surface area contributed by atoms with Gasteiger partial charge in [-0.15, -0.1) is 0 Å². The van der Waals surface area contributed by atoms with E-state index in [0.29, 0.717) is 45.4 Å². The van der Waals surface area contributed by atoms with Crippen LogP contribution < -0.4 is 20.1 Å². The molecule has 0 atom stereocenters. The van der Waals surface area contributed by atoms with Crippen LogP contribution in [-0.4, -0.2) is 19.1 Å². The van der Waals surface area contributed by atoms with E-state index in [0.717, 1.165) is 11.3 Å². The molecule has 1 amide bonds. The average molecular weight is 480 g/mol. The lowest BCUT2D eigenvalue weighted by molar-refractivity contribution is -0.118. The highest BCUT2D eigenvalue weighted by atomic mass is 35.5. The molecule has 31 heavy (non-hydrogen) atoms. The summed E-state index contributed by atoms with van der Waals surface area (Å²) in [5, 5.41) is 7.64. The molecule has 0 bridgehead atoms. The van der Waals surface area contributed by atoms with E-state index in [2.05, 4.69) is 10.6 Å². The topological polar surface area (TPSA) is 59.6 Å². The van der Waals surface area contributed by atoms with Crippen LogP contribution >= 0.6 is 34.8 Å². The van der Waals surface area contributed by atoms with Gasteiger partial charge in [-0.05, 0) is 67.1 Å². The molecule has 0 aromatic heterocycles. The molecular weight excluding hydrogens is 459 g/mol. The summed E-state index contributed by atoms with van der Waals surface area (Å²) in [7, 11) is 0. The highest BCUT2D eigenvalue weighted by Crippen LogP contribution is 2.30. The molecule has 0 saturated heterocycles. The lowest BCUT2D eigenvalue weighted by Gasteiger charge is -2.14. The van der Waals surface area contributed by atoms with Gasteiger partial charge >= 0.3 is 0 Å². The molecule has 0 unspecified atom stereocenters. The normalized spacial score (nSPS) is 10.5. The number of halogens is 3. The number of anilines is 2. The molecule has 162 valence electrons. The molecule has 0 heterocycles. The van der Waals surface area contributed by atoms with Gasteiger partial charge in [-0.25, -0.2) is 0 Å². The van der Waals surface area contributed by atoms with Crippen LogP contribution in [0.1, 0.15) is 12.5 Å². The van der Waals surface area contributed by atoms with Gasteiger partial charge in [0.15, 0.2) is 18.1 Å². The van der Waals surface area contributed by atoms with Gasteiger partial charge in [0, 0.05) is 22.9 Å². The van der Waals surface area contributed by atoms with Gasteiger partial charge in [-0.2, -0.15) is 0 Å². The summed E-state index contributed by atoms with van der Waals surface area (Å²) >= 11 is 17.9. The SMILES string of the molecule is CCOc1cc(CNc2ccc(Cl)c(Cl)c2)ccc1OCC(=O)Nc1ccc(Cl)cc1. The van der Waals surface area contributed by atoms with Gasteiger partial charge in [-0.1, -0.05) is 40.9 Å². The number of hydrogen-bond acceptors (Lipinski definition) is 4. The van der Waals surface area contributed by atoms with Crippen molar-refractivity contribution >= 4 is 52.1 Å². The minimum Gasteiger partial charge on any atom is -0.490 e. The second-order valence-corrected chi connectivity index (χ2v) is 7.79. The third kappa shape index (κ3) is 6.96. The van der Waals surface area contributed by atoms with Gasteiger partial charge < -0.3 is 20.1 Å². The number of benzene rings is 3. The Morgan fingerprint density at radius 2 is 1.58 bits per heavy atom. The smallest absolute Gasteiger partial charge is 0.262 e. The zero-order valence-corrected chi connectivity index (χ0v) is 19.0. The van der Waals surface area contributed by atoms with Crippen LogP contribution in [0, 0.1) is 0 Å². The molecule has 0 aliphatic rings. The zero-order valence-electron chi connectivity index (χ0n) is 16.8. The molecule has 8 heteroatoms. The number of ether oxygens (including phenoxy) is 2. The van der Waals surface area contributed by atoms with Crippen molar-refractivity contribution in [2.75, 3.05) is 23.8 Å². The Kier molecular flexibility index (Phi) is 8.29. The van der Waals surface area contributed by atoms with Gasteiger partial charge in [0.1, 0.15) is 0 Å². The molecule has 0 aliphatic heterocycles. The number of nitrogens with one attached hydrogen (secondary N) is 2. The predicted octanol–water partition coefficient (Wildman–Crippen LogP) is 6.68. The lowest BCUT2D eigenvalue weighted by Crippen LogP contribution is -2.20. The quantitative estimate of drug-likeness (QED) is 0.359. The fourth-order valence-corrected chi connectivity index (χ4v) is 3.16. The van der Waals surface area contributed by atoms with Gasteiger partial charge in [0.05, 0.1) is 16.7 Å². The van der Waals surface area contributed by atoms with Crippen LogP contribution in [0.25, 0.3) is 0 Å². The minimum atomic E-state index is -0.282. The molecule has 2 N–H and O–H groups in total. The molecule has 5 nitrogen and oxygen atoms in total. The monoisotopic (exact) mass is 478 g/mol. The predicted molar refractivity (Wildman–Crippen MR) is 127 cm³/mol. The van der Waals surface area contributed by atoms with Crippen LogP contribution in [0.2, 0.25) is 15.1 Å². The third-order valence-corrected chi connectivity index (χ3v) is 5.20. The van der Waals surface area contributed by atoms with Crippen LogP contribution in [0.5, 0.6) is 11.5 Å². The van der Waals surface area contributed by atoms with Crippen molar-refractivity contribution in [3.8, 4) is 11.5 Å². The number of hydrogen-bond donors (Lipinski definition) is 2. The Balaban J connectivity index is 1.60. The van der Waals surface area contributed by atoms with Crippen molar-refractivity contribution in [2.45, 2.75) is 13.5 Å². The van der Waals surface area contributed by atoms with Crippen molar-refractivity contribution in [1.29, 1.82) is 0 Å². The summed E-state index contributed by atoms with van der Waals surface area (Å²) in [6, 6.07) is 17.8. The first kappa shape index (κ1) is 23.1. The van der Waals surface area contributed by atoms with Crippen LogP contribution in [0.4, 0.5) is 11.4 Å². The first-order chi connectivity index (χ1) is 14.9. The molecule has 0 radical (unpaired) electrons. The molecule has 3 aromatic carbocycles. The summed E-state index contributed by atoms with van der Waals surface area (Å²) in [5.41, 5.74) is 2.48. The summed E-state index contributed by atoms with van der Waals surface area (Å²) < 4.78 is 11.4. The lowest BCUT2D eigenvalue weighted by atomic mass is 10.2. The van der Waals surface area contributed by atoms with E-state index in [1.807, 2.05) is 25.1 Å². The van der Waals surface area contributed by atoms with E-state index in [-0.39, 0.29) is 12.5 Å². The number of amides is 1. The second-order valence-electron chi connectivity index (χ2n) is 6.54. The second kappa shape index (κ2) is 11.1. The highest BCUT2D eigenvalue weighted by Gasteiger charge is 2.10. The van der Waals surface area contributed by atoms with Gasteiger partial charge in [0.25, 0.3) is 5.91 Å². The van der Waals surface area contributed by atoms with Crippen molar-refractivity contribution in [3.63, 3.8) is 0 Å². The van der Waals surface area contributed by atoms with E-state index in [1.165, 1.54) is 0 Å². The first-order valence-electron chi connectivity index (χ1n) is 9.57. The first-order valence-corrected chi connectivity index (χ1v) is 10.7. The highest BCUT2D eigenvalue weighted by molar-refractivity contribution is 6.42. The zero-order chi connectivity index (χ0) is 22.2. The number of carbonyl (C=O) groups is 1. The average Bonchev–Trinajstić information content (AvgIpc) is 2.76. The minimum absolute atomic E-state index is 0.149. The fraction of sp³-hybridized carbons (Fsp3) is 0.174. The molecule has 0 saturated carbocycles. The summed E-state index contributed by atoms with van der Waals surface area (Å²) in [4.78, 5) is 12.2. The van der Waals surface area contributed by atoms with Crippen molar-refractivity contribution < 1.29 is 14.3 Å². The van der Waals surface area contributed by atoms with Crippen molar-refractivity contribution in [1.82, 2.24) is 0 Å². The Hall–Kier alpha value is -2.60. The molecule has 3 aromatic rings. The van der Waals surface area contributed by atoms with E-state index in [1.54, 1.807) is 42.5 Å². The van der Waals surface area contributed by atoms with Crippen LogP contribution in [-0.2, 0) is 11.3 Å². The third-order valence-electron chi connectivity index (χ3n) is 4.21. The van der Waals surface area contributed by atoms with E-state index >= 15 is 0 Å². The Bertz CT molecular complexity index is 1040. The van der Waals surface area contributed by atoms with Crippen LogP contribution in [0.15, 0.2) is 60.7 Å². The Morgan fingerprint density at radius 1 is 0.839 bits per heavy atom. The molecule has 3 rings (SSSR count). The van der Waals surface area contributed by atoms with E-state index in [9.17, 15) is 4.79 Å². The molecule has 0 aliphatic carbocycles. The molecule has 0 fully saturated rings. The summed E-state index contributed by atoms with van der Waals surface area (Å²) in [6.45, 7) is 2.76. The summed E-state index contributed by atoms with van der Waals surface area (Å²) in [6.07, 6.45) is 0.